The van der Waals surface area contributed by atoms with Gasteiger partial charge in [-0.05, 0) is 24.0 Å². The molecular weight excluding hydrogens is 252 g/mol. The van der Waals surface area contributed by atoms with Crippen molar-refractivity contribution in [3.63, 3.8) is 0 Å². The van der Waals surface area contributed by atoms with Gasteiger partial charge < -0.3 is 9.80 Å². The van der Waals surface area contributed by atoms with Crippen LogP contribution >= 0.6 is 0 Å². The quantitative estimate of drug-likeness (QED) is 0.840. The number of likely N-dealkylation sites (tertiary alicyclic amines) is 2. The van der Waals surface area contributed by atoms with Gasteiger partial charge in [0.05, 0.1) is 0 Å². The summed E-state index contributed by atoms with van der Waals surface area (Å²) in [6.45, 7) is 3.18. The van der Waals surface area contributed by atoms with Crippen LogP contribution in [0.4, 0.5) is 0 Å². The molecule has 0 N–H and O–H groups in total. The van der Waals surface area contributed by atoms with E-state index in [9.17, 15) is 9.59 Å². The van der Waals surface area contributed by atoms with E-state index < -0.39 is 0 Å². The lowest BCUT2D eigenvalue weighted by atomic mass is 10.1. The number of amides is 2. The Kier molecular flexibility index (Phi) is 3.72. The average Bonchev–Trinajstić information content (AvgIpc) is 3.02. The van der Waals surface area contributed by atoms with E-state index >= 15 is 0 Å². The third-order valence-electron chi connectivity index (χ3n) is 4.11. The van der Waals surface area contributed by atoms with Crippen LogP contribution in [0.1, 0.15) is 36.8 Å². The fourth-order valence-corrected chi connectivity index (χ4v) is 2.93. The van der Waals surface area contributed by atoms with Crippen molar-refractivity contribution in [2.24, 2.45) is 0 Å². The van der Waals surface area contributed by atoms with E-state index in [0.717, 1.165) is 37.1 Å². The summed E-state index contributed by atoms with van der Waals surface area (Å²) in [7, 11) is 0. The molecule has 0 aliphatic carbocycles. The predicted octanol–water partition coefficient (Wildman–Crippen LogP) is 1.93. The van der Waals surface area contributed by atoms with Gasteiger partial charge in [0.1, 0.15) is 0 Å². The van der Waals surface area contributed by atoms with Gasteiger partial charge in [-0.15, -0.1) is 0 Å². The Bertz CT molecular complexity index is 463. The first-order chi connectivity index (χ1) is 9.72. The van der Waals surface area contributed by atoms with E-state index in [1.807, 2.05) is 9.80 Å². The number of nitrogens with zero attached hydrogens (tertiary/aromatic N) is 2. The predicted molar refractivity (Wildman–Crippen MR) is 75.7 cm³/mol. The second-order valence-electron chi connectivity index (χ2n) is 5.65. The zero-order valence-electron chi connectivity index (χ0n) is 11.7. The number of benzene rings is 1. The maximum atomic E-state index is 11.6. The van der Waals surface area contributed by atoms with Crippen molar-refractivity contribution < 1.29 is 9.59 Å². The van der Waals surface area contributed by atoms with E-state index in [1.54, 1.807) is 0 Å². The molecule has 0 unspecified atom stereocenters. The molecule has 0 spiro atoms. The van der Waals surface area contributed by atoms with Crippen molar-refractivity contribution >= 4 is 11.8 Å². The van der Waals surface area contributed by atoms with E-state index in [1.165, 1.54) is 0 Å². The second-order valence-corrected chi connectivity index (χ2v) is 5.65. The first-order valence-corrected chi connectivity index (χ1v) is 7.36. The van der Waals surface area contributed by atoms with Gasteiger partial charge >= 0.3 is 0 Å². The second kappa shape index (κ2) is 5.65. The highest BCUT2D eigenvalue weighted by molar-refractivity contribution is 5.78. The molecule has 3 rings (SSSR count). The summed E-state index contributed by atoms with van der Waals surface area (Å²) in [5, 5.41) is 0. The SMILES string of the molecule is O=C1CCCN1Cc1ccc(CN2CCCC2=O)cc1. The minimum Gasteiger partial charge on any atom is -0.338 e. The Labute approximate surface area is 119 Å². The van der Waals surface area contributed by atoms with Crippen LogP contribution in [0.3, 0.4) is 0 Å². The summed E-state index contributed by atoms with van der Waals surface area (Å²) in [5.74, 6) is 0.522. The van der Waals surface area contributed by atoms with Gasteiger partial charge in [-0.2, -0.15) is 0 Å². The van der Waals surface area contributed by atoms with Gasteiger partial charge in [0.15, 0.2) is 0 Å². The number of hydrogen-bond donors (Lipinski definition) is 0. The van der Waals surface area contributed by atoms with Crippen LogP contribution in [0.15, 0.2) is 24.3 Å². The molecule has 0 bridgehead atoms. The van der Waals surface area contributed by atoms with E-state index in [4.69, 9.17) is 0 Å². The molecule has 2 fully saturated rings. The van der Waals surface area contributed by atoms with E-state index in [-0.39, 0.29) is 11.8 Å². The maximum Gasteiger partial charge on any atom is 0.222 e. The Morgan fingerprint density at radius 3 is 1.45 bits per heavy atom. The minimum absolute atomic E-state index is 0.261. The lowest BCUT2D eigenvalue weighted by Crippen LogP contribution is -2.24. The average molecular weight is 272 g/mol. The molecule has 106 valence electrons. The van der Waals surface area contributed by atoms with Gasteiger partial charge in [0, 0.05) is 39.0 Å². The third kappa shape index (κ3) is 2.84. The summed E-state index contributed by atoms with van der Waals surface area (Å²) in [6.07, 6.45) is 3.34. The monoisotopic (exact) mass is 272 g/mol. The molecule has 4 heteroatoms. The summed E-state index contributed by atoms with van der Waals surface area (Å²) in [4.78, 5) is 27.0. The molecular formula is C16H20N2O2. The van der Waals surface area contributed by atoms with Crippen LogP contribution in [0.2, 0.25) is 0 Å². The zero-order chi connectivity index (χ0) is 13.9. The van der Waals surface area contributed by atoms with Crippen LogP contribution in [-0.4, -0.2) is 34.7 Å². The van der Waals surface area contributed by atoms with Crippen LogP contribution in [0, 0.1) is 0 Å². The number of hydrogen-bond acceptors (Lipinski definition) is 2. The van der Waals surface area contributed by atoms with Crippen molar-refractivity contribution in [1.29, 1.82) is 0 Å². The molecule has 4 nitrogen and oxygen atoms in total. The number of carbonyl (C=O) groups excluding carboxylic acids is 2. The topological polar surface area (TPSA) is 40.6 Å². The van der Waals surface area contributed by atoms with Crippen molar-refractivity contribution in [1.82, 2.24) is 9.80 Å². The fourth-order valence-electron chi connectivity index (χ4n) is 2.93. The summed E-state index contributed by atoms with van der Waals surface area (Å²) >= 11 is 0. The Morgan fingerprint density at radius 1 is 0.750 bits per heavy atom. The molecule has 2 aliphatic rings. The molecule has 0 radical (unpaired) electrons. The van der Waals surface area contributed by atoms with E-state index in [0.29, 0.717) is 25.9 Å². The highest BCUT2D eigenvalue weighted by Gasteiger charge is 2.21. The number of carbonyl (C=O) groups is 2. The molecule has 0 aromatic heterocycles. The normalized spacial score (nSPS) is 19.2. The van der Waals surface area contributed by atoms with Crippen molar-refractivity contribution in [2.45, 2.75) is 38.8 Å². The standard InChI is InChI=1S/C16H20N2O2/c19-15-3-1-9-17(15)11-13-5-7-14(8-6-13)12-18-10-2-4-16(18)20/h5-8H,1-4,9-12H2. The molecule has 2 saturated heterocycles. The van der Waals surface area contributed by atoms with Gasteiger partial charge in [0.25, 0.3) is 0 Å². The maximum absolute atomic E-state index is 11.6. The summed E-state index contributed by atoms with van der Waals surface area (Å²) < 4.78 is 0. The summed E-state index contributed by atoms with van der Waals surface area (Å²) in [6, 6.07) is 8.28. The van der Waals surface area contributed by atoms with Crippen LogP contribution in [0.25, 0.3) is 0 Å². The Hall–Kier alpha value is -1.84. The smallest absolute Gasteiger partial charge is 0.222 e. The van der Waals surface area contributed by atoms with Crippen molar-refractivity contribution in [3.05, 3.63) is 35.4 Å². The van der Waals surface area contributed by atoms with Gasteiger partial charge in [-0.1, -0.05) is 24.3 Å². The molecule has 1 aromatic rings. The lowest BCUT2D eigenvalue weighted by molar-refractivity contribution is -0.129. The highest BCUT2D eigenvalue weighted by Crippen LogP contribution is 2.17. The van der Waals surface area contributed by atoms with Crippen molar-refractivity contribution in [2.75, 3.05) is 13.1 Å². The first-order valence-electron chi connectivity index (χ1n) is 7.36. The molecule has 1 aromatic carbocycles. The molecule has 2 amide bonds. The number of rotatable bonds is 4. The first kappa shape index (κ1) is 13.2. The largest absolute Gasteiger partial charge is 0.338 e. The zero-order valence-corrected chi connectivity index (χ0v) is 11.7. The molecule has 20 heavy (non-hydrogen) atoms. The van der Waals surface area contributed by atoms with Crippen LogP contribution < -0.4 is 0 Å². The minimum atomic E-state index is 0.261. The third-order valence-corrected chi connectivity index (χ3v) is 4.11. The summed E-state index contributed by atoms with van der Waals surface area (Å²) in [5.41, 5.74) is 2.33. The highest BCUT2D eigenvalue weighted by atomic mass is 16.2. The molecule has 2 aliphatic heterocycles. The molecule has 0 atom stereocenters. The van der Waals surface area contributed by atoms with Crippen molar-refractivity contribution in [3.8, 4) is 0 Å². The lowest BCUT2D eigenvalue weighted by Gasteiger charge is -2.17. The molecule has 2 heterocycles. The van der Waals surface area contributed by atoms with Crippen LogP contribution in [-0.2, 0) is 22.7 Å². The Morgan fingerprint density at radius 2 is 1.15 bits per heavy atom. The van der Waals surface area contributed by atoms with Gasteiger partial charge in [-0.25, -0.2) is 0 Å². The van der Waals surface area contributed by atoms with Crippen LogP contribution in [0.5, 0.6) is 0 Å². The Balaban J connectivity index is 1.59. The van der Waals surface area contributed by atoms with Gasteiger partial charge in [0.2, 0.25) is 11.8 Å². The van der Waals surface area contributed by atoms with E-state index in [2.05, 4.69) is 24.3 Å². The fraction of sp³-hybridized carbons (Fsp3) is 0.500. The molecule has 0 saturated carbocycles. The van der Waals surface area contributed by atoms with Gasteiger partial charge in [-0.3, -0.25) is 9.59 Å².